The number of hydrogen-bond donors (Lipinski definition) is 6. The number of sulfonamides is 1. The maximum atomic E-state index is 14.6. The summed E-state index contributed by atoms with van der Waals surface area (Å²) in [5.74, 6) is -2.15. The fourth-order valence-electron chi connectivity index (χ4n) is 8.45. The molecule has 4 unspecified atom stereocenters. The highest BCUT2D eigenvalue weighted by Gasteiger charge is 2.46. The maximum absolute atomic E-state index is 14.6. The summed E-state index contributed by atoms with van der Waals surface area (Å²) < 4.78 is 104. The molecule has 1 aliphatic heterocycles. The zero-order valence-corrected chi connectivity index (χ0v) is 43.3. The largest absolute Gasteiger partial charge is 0.484 e. The van der Waals surface area contributed by atoms with Crippen LogP contribution in [0.15, 0.2) is 66.9 Å². The second-order valence-corrected chi connectivity index (χ2v) is 21.0. The number of unbranched alkanes of at least 4 members (excludes halogenated alkanes) is 4. The number of amides is 4. The van der Waals surface area contributed by atoms with E-state index in [-0.39, 0.29) is 42.5 Å². The van der Waals surface area contributed by atoms with E-state index in [1.165, 1.54) is 53.6 Å². The molecular formula is C52H61F5N10O7S. The molecule has 1 aliphatic rings. The lowest BCUT2D eigenvalue weighted by molar-refractivity contribution is -0.143. The van der Waals surface area contributed by atoms with Gasteiger partial charge in [-0.1, -0.05) is 69.7 Å². The molecule has 0 saturated carbocycles. The van der Waals surface area contributed by atoms with Crippen molar-refractivity contribution in [3.63, 3.8) is 0 Å². The number of rotatable bonds is 20. The van der Waals surface area contributed by atoms with E-state index in [4.69, 9.17) is 10.5 Å². The second-order valence-electron chi connectivity index (χ2n) is 19.3. The van der Waals surface area contributed by atoms with Gasteiger partial charge in [-0.25, -0.2) is 26.6 Å². The molecule has 1 fully saturated rings. The van der Waals surface area contributed by atoms with Gasteiger partial charge in [0.15, 0.2) is 0 Å². The van der Waals surface area contributed by atoms with Gasteiger partial charge in [-0.3, -0.25) is 28.6 Å². The normalized spacial score (nSPS) is 15.9. The Labute approximate surface area is 432 Å². The van der Waals surface area contributed by atoms with Gasteiger partial charge in [-0.05, 0) is 87.5 Å². The number of nitrogens with one attached hydrogen (secondary N) is 5. The van der Waals surface area contributed by atoms with Gasteiger partial charge in [-0.15, -0.1) is 0 Å². The molecule has 0 radical (unpaired) electrons. The number of anilines is 3. The van der Waals surface area contributed by atoms with Gasteiger partial charge in [-0.2, -0.15) is 13.9 Å². The third-order valence-corrected chi connectivity index (χ3v) is 13.6. The smallest absolute Gasteiger partial charge is 0.355 e. The fourth-order valence-corrected chi connectivity index (χ4v) is 9.01. The van der Waals surface area contributed by atoms with Crippen LogP contribution in [0.5, 0.6) is 5.75 Å². The van der Waals surface area contributed by atoms with Crippen LogP contribution in [-0.4, -0.2) is 95.2 Å². The van der Waals surface area contributed by atoms with Crippen molar-refractivity contribution in [2.45, 2.75) is 116 Å². The first-order valence-electron chi connectivity index (χ1n) is 24.2. The molecule has 0 bridgehead atoms. The minimum Gasteiger partial charge on any atom is -0.484 e. The molecular weight excluding hydrogens is 1000 g/mol. The highest BCUT2D eigenvalue weighted by Crippen LogP contribution is 2.39. The zero-order chi connectivity index (χ0) is 54.9. The Morgan fingerprint density at radius 1 is 0.960 bits per heavy atom. The van der Waals surface area contributed by atoms with Crippen molar-refractivity contribution in [3.05, 3.63) is 95.4 Å². The summed E-state index contributed by atoms with van der Waals surface area (Å²) in [5, 5.41) is 15.9. The van der Waals surface area contributed by atoms with E-state index >= 15 is 0 Å². The van der Waals surface area contributed by atoms with Gasteiger partial charge >= 0.3 is 5.76 Å². The van der Waals surface area contributed by atoms with Crippen molar-refractivity contribution >= 4 is 61.7 Å². The average molecular weight is 1070 g/mol. The number of nitrogens with two attached hydrogens (primary N) is 1. The lowest BCUT2D eigenvalue weighted by atomic mass is 9.85. The Morgan fingerprint density at radius 2 is 1.64 bits per heavy atom. The first-order chi connectivity index (χ1) is 35.4. The third kappa shape index (κ3) is 14.1. The molecule has 3 aromatic carbocycles. The highest BCUT2D eigenvalue weighted by atomic mass is 32.2. The average Bonchev–Trinajstić information content (AvgIpc) is 3.94. The number of hydrogen-bond acceptors (Lipinski definition) is 11. The summed E-state index contributed by atoms with van der Waals surface area (Å²) in [5.41, 5.74) is 6.91. The van der Waals surface area contributed by atoms with E-state index < -0.39 is 92.3 Å². The minimum absolute atomic E-state index is 0.0500. The third-order valence-electron chi connectivity index (χ3n) is 12.6. The molecule has 6 rings (SSSR count). The molecule has 0 spiro atoms. The number of likely N-dealkylation sites (tertiary alicyclic amines) is 1. The number of alkyl halides is 2. The van der Waals surface area contributed by atoms with Gasteiger partial charge in [0.25, 0.3) is 10.0 Å². The minimum atomic E-state index is -5.09. The molecule has 2 aromatic heterocycles. The van der Waals surface area contributed by atoms with Crippen molar-refractivity contribution in [1.82, 2.24) is 35.6 Å². The van der Waals surface area contributed by atoms with E-state index in [9.17, 15) is 49.5 Å². The summed E-state index contributed by atoms with van der Waals surface area (Å²) in [7, 11) is -1.82. The number of carbonyl (C=O) groups excluding carboxylic acids is 4. The molecule has 23 heteroatoms. The number of aryl methyl sites for hydroxylation is 1. The lowest BCUT2D eigenvalue weighted by Crippen LogP contribution is -2.59. The molecule has 17 nitrogen and oxygen atoms in total. The first kappa shape index (κ1) is 57.0. The molecule has 7 N–H and O–H groups in total. The number of fused-ring (bicyclic) bond motifs is 1. The predicted molar refractivity (Wildman–Crippen MR) is 274 cm³/mol. The second kappa shape index (κ2) is 24.4. The lowest BCUT2D eigenvalue weighted by Gasteiger charge is -2.36. The highest BCUT2D eigenvalue weighted by molar-refractivity contribution is 7.93. The molecule has 0 aliphatic carbocycles. The van der Waals surface area contributed by atoms with Crippen molar-refractivity contribution < 1.29 is 54.3 Å². The number of nitrogen functional groups attached to an aromatic ring is 1. The van der Waals surface area contributed by atoms with E-state index in [1.807, 2.05) is 4.72 Å². The molecule has 4 amide bonds. The predicted octanol–water partition coefficient (Wildman–Crippen LogP) is 7.29. The molecule has 5 aromatic rings. The van der Waals surface area contributed by atoms with Gasteiger partial charge in [0.1, 0.15) is 58.6 Å². The van der Waals surface area contributed by atoms with Crippen molar-refractivity contribution in [2.24, 2.45) is 12.5 Å². The molecule has 1 saturated heterocycles. The van der Waals surface area contributed by atoms with Gasteiger partial charge in [0.2, 0.25) is 23.6 Å². The van der Waals surface area contributed by atoms with Crippen molar-refractivity contribution in [2.75, 3.05) is 29.4 Å². The molecule has 3 heterocycles. The van der Waals surface area contributed by atoms with E-state index in [0.29, 0.717) is 59.0 Å². The number of benzene rings is 3. The number of nitrogens with zero attached hydrogens (tertiary/aromatic N) is 4. The molecule has 75 heavy (non-hydrogen) atoms. The number of ether oxygens (including phenoxy) is 1. The van der Waals surface area contributed by atoms with Crippen LogP contribution >= 0.6 is 0 Å². The van der Waals surface area contributed by atoms with E-state index in [2.05, 4.69) is 43.2 Å². The Morgan fingerprint density at radius 3 is 2.29 bits per heavy atom. The van der Waals surface area contributed by atoms with Crippen LogP contribution in [0, 0.1) is 34.7 Å². The standard InChI is InChI=1S/C52H61F5N10O7S/c1-29(59-6)48(69)63-46(52(3,4)5)50(71)67-28-35(26-39(67)49(70)62-44-36(54)16-14-17-37(44)55)61-41(68)18-13-11-9-8-10-12-15-33-27-60-47(58)42-43(64-66(7)45(33)42)32-21-24-38(65-75(72,73)51(56)57)40(25-32)74-30(2)31-19-22-34(53)23-20-31/h14,16-17,19-25,27,29-30,35,39,46,51,59,65H,8-11,13,18,26,28H2,1-7H3,(H2,58,60)(H,61,68)(H,62,70)(H,63,69)/t29?,30?,35?,39-,46?/m0/s1. The van der Waals surface area contributed by atoms with Crippen LogP contribution in [0.4, 0.5) is 39.1 Å². The Hall–Kier alpha value is -7.32. The van der Waals surface area contributed by atoms with Crippen molar-refractivity contribution in [1.29, 1.82) is 0 Å². The fraction of sp³-hybridized carbons (Fsp3) is 0.423. The topological polar surface area (TPSA) is 232 Å². The van der Waals surface area contributed by atoms with Crippen LogP contribution < -0.4 is 36.5 Å². The van der Waals surface area contributed by atoms with Crippen LogP contribution in [0.25, 0.3) is 22.2 Å². The number of para-hydroxylation sites is 1. The monoisotopic (exact) mass is 1060 g/mol. The Kier molecular flexibility index (Phi) is 18.5. The van der Waals surface area contributed by atoms with Crippen LogP contribution in [0.1, 0.15) is 96.8 Å². The number of halogens is 5. The van der Waals surface area contributed by atoms with Crippen LogP contribution in [0.3, 0.4) is 0 Å². The summed E-state index contributed by atoms with van der Waals surface area (Å²) in [6, 6.07) is 9.01. The maximum Gasteiger partial charge on any atom is 0.355 e. The number of aromatic nitrogens is 3. The quantitative estimate of drug-likeness (QED) is 0.0257. The summed E-state index contributed by atoms with van der Waals surface area (Å²) in [4.78, 5) is 59.7. The van der Waals surface area contributed by atoms with Gasteiger partial charge < -0.3 is 36.6 Å². The SMILES string of the molecule is CNC(C)C(=O)NC(C(=O)N1CC(NC(=O)CCCCCCC#Cc2cnc(N)c3c(-c4ccc(NS(=O)(=O)C(F)F)c(OC(C)c5ccc(F)cc5)c4)nn(C)c23)C[C@H]1C(=O)Nc1c(F)cccc1F)C(C)(C)C. The summed E-state index contributed by atoms with van der Waals surface area (Å²) in [6.07, 6.45) is 3.93. The summed E-state index contributed by atoms with van der Waals surface area (Å²) in [6.45, 7) is 8.40. The Balaban J connectivity index is 1.08. The number of likely N-dealkylation sites (N-methyl/N-ethyl adjacent to an activating group) is 1. The van der Waals surface area contributed by atoms with Gasteiger partial charge in [0.05, 0.1) is 28.2 Å². The van der Waals surface area contributed by atoms with Crippen LogP contribution in [-0.2, 0) is 36.2 Å². The number of pyridine rings is 1. The zero-order valence-electron chi connectivity index (χ0n) is 42.5. The van der Waals surface area contributed by atoms with Gasteiger partial charge in [0, 0.05) is 44.2 Å². The Bertz CT molecular complexity index is 3070. The molecule has 402 valence electrons. The van der Waals surface area contributed by atoms with Crippen molar-refractivity contribution in [3.8, 4) is 28.8 Å². The molecule has 5 atom stereocenters. The first-order valence-corrected chi connectivity index (χ1v) is 25.7. The number of carbonyl (C=O) groups is 4. The van der Waals surface area contributed by atoms with E-state index in [0.717, 1.165) is 24.6 Å². The summed E-state index contributed by atoms with van der Waals surface area (Å²) >= 11 is 0. The van der Waals surface area contributed by atoms with E-state index in [1.54, 1.807) is 53.4 Å². The van der Waals surface area contributed by atoms with Crippen LogP contribution in [0.2, 0.25) is 0 Å².